The molecule has 2 rings (SSSR count). The largest absolute Gasteiger partial charge is 0.444 e. The van der Waals surface area contributed by atoms with Gasteiger partial charge in [0.15, 0.2) is 0 Å². The van der Waals surface area contributed by atoms with Crippen molar-refractivity contribution in [2.45, 2.75) is 46.4 Å². The second kappa shape index (κ2) is 5.05. The Kier molecular flexibility index (Phi) is 3.88. The normalized spacial score (nSPS) is 14.4. The van der Waals surface area contributed by atoms with Gasteiger partial charge in [0.2, 0.25) is 0 Å². The molecule has 0 aromatic carbocycles. The fourth-order valence-corrected chi connectivity index (χ4v) is 2.96. The van der Waals surface area contributed by atoms with Gasteiger partial charge in [-0.3, -0.25) is 9.69 Å². The van der Waals surface area contributed by atoms with E-state index in [2.05, 4.69) is 22.6 Å². The summed E-state index contributed by atoms with van der Waals surface area (Å²) in [7, 11) is 1.75. The maximum absolute atomic E-state index is 12.1. The summed E-state index contributed by atoms with van der Waals surface area (Å²) in [6, 6.07) is 0. The summed E-state index contributed by atoms with van der Waals surface area (Å²) < 4.78 is 7.74. The van der Waals surface area contributed by atoms with E-state index in [9.17, 15) is 9.59 Å². The molecule has 110 valence electrons. The first-order valence-electron chi connectivity index (χ1n) is 6.46. The van der Waals surface area contributed by atoms with E-state index in [1.165, 1.54) is 0 Å². The van der Waals surface area contributed by atoms with Gasteiger partial charge in [-0.25, -0.2) is 4.79 Å². The fraction of sp³-hybridized carbons (Fsp3) is 0.571. The van der Waals surface area contributed by atoms with Crippen LogP contribution in [0.2, 0.25) is 0 Å². The first-order valence-corrected chi connectivity index (χ1v) is 7.54. The van der Waals surface area contributed by atoms with Gasteiger partial charge in [0.25, 0.3) is 5.56 Å². The van der Waals surface area contributed by atoms with Crippen LogP contribution in [-0.4, -0.2) is 21.2 Å². The zero-order chi connectivity index (χ0) is 15.2. The first kappa shape index (κ1) is 15.3. The van der Waals surface area contributed by atoms with E-state index in [1.807, 2.05) is 27.7 Å². The molecule has 0 bridgehead atoms. The quantitative estimate of drug-likeness (QED) is 0.640. The van der Waals surface area contributed by atoms with Crippen LogP contribution in [0.3, 0.4) is 0 Å². The van der Waals surface area contributed by atoms with Gasteiger partial charge in [-0.1, -0.05) is 0 Å². The highest BCUT2D eigenvalue weighted by Gasteiger charge is 2.31. The van der Waals surface area contributed by atoms with E-state index in [1.54, 1.807) is 16.5 Å². The molecule has 1 aromatic heterocycles. The number of hydrogen-bond donors (Lipinski definition) is 0. The topological polar surface area (TPSA) is 51.5 Å². The van der Waals surface area contributed by atoms with Crippen LogP contribution in [0.4, 0.5) is 4.79 Å². The summed E-state index contributed by atoms with van der Waals surface area (Å²) in [4.78, 5) is 25.8. The number of hydrogen-bond acceptors (Lipinski definition) is 3. The number of amides is 1. The molecule has 2 heterocycles. The van der Waals surface area contributed by atoms with Crippen LogP contribution < -0.4 is 5.56 Å². The first-order chi connectivity index (χ1) is 9.11. The Morgan fingerprint density at radius 3 is 2.45 bits per heavy atom. The standard InChI is InChI=1S/C14H19IN2O3/c1-8-9-6-17(13(19)20-14(2,3)4)7-10(9)16(5)12(18)11(8)15/h6-7H2,1-5H3. The van der Waals surface area contributed by atoms with Gasteiger partial charge >= 0.3 is 6.09 Å². The summed E-state index contributed by atoms with van der Waals surface area (Å²) in [6.45, 7) is 8.39. The number of nitrogens with zero attached hydrogens (tertiary/aromatic N) is 2. The van der Waals surface area contributed by atoms with Crippen molar-refractivity contribution in [1.29, 1.82) is 0 Å². The van der Waals surface area contributed by atoms with E-state index >= 15 is 0 Å². The maximum atomic E-state index is 12.1. The molecular weight excluding hydrogens is 371 g/mol. The Bertz CT molecular complexity index is 629. The summed E-state index contributed by atoms with van der Waals surface area (Å²) in [5, 5.41) is 0. The monoisotopic (exact) mass is 390 g/mol. The molecule has 0 spiro atoms. The number of aromatic nitrogens is 1. The van der Waals surface area contributed by atoms with Gasteiger partial charge in [-0.2, -0.15) is 0 Å². The predicted molar refractivity (Wildman–Crippen MR) is 84.6 cm³/mol. The summed E-state index contributed by atoms with van der Waals surface area (Å²) >= 11 is 2.07. The lowest BCUT2D eigenvalue weighted by molar-refractivity contribution is 0.0240. The van der Waals surface area contributed by atoms with Gasteiger partial charge < -0.3 is 9.30 Å². The lowest BCUT2D eigenvalue weighted by atomic mass is 10.1. The molecule has 0 saturated heterocycles. The molecule has 0 radical (unpaired) electrons. The minimum absolute atomic E-state index is 0.00658. The second-order valence-electron chi connectivity index (χ2n) is 6.06. The van der Waals surface area contributed by atoms with E-state index in [4.69, 9.17) is 4.74 Å². The number of carbonyl (C=O) groups excluding carboxylic acids is 1. The van der Waals surface area contributed by atoms with Gasteiger partial charge in [0.05, 0.1) is 16.7 Å². The Balaban J connectivity index is 2.33. The second-order valence-corrected chi connectivity index (χ2v) is 7.14. The number of fused-ring (bicyclic) bond motifs is 1. The molecule has 6 heteroatoms. The van der Waals surface area contributed by atoms with Crippen LogP contribution in [0.1, 0.15) is 37.6 Å². The van der Waals surface area contributed by atoms with Crippen molar-refractivity contribution in [3.05, 3.63) is 30.7 Å². The van der Waals surface area contributed by atoms with Crippen molar-refractivity contribution in [3.8, 4) is 0 Å². The number of carbonyl (C=O) groups is 1. The van der Waals surface area contributed by atoms with Crippen LogP contribution in [0.5, 0.6) is 0 Å². The van der Waals surface area contributed by atoms with Crippen molar-refractivity contribution in [3.63, 3.8) is 0 Å². The number of halogens is 1. The predicted octanol–water partition coefficient (Wildman–Crippen LogP) is 2.55. The Labute approximate surface area is 132 Å². The van der Waals surface area contributed by atoms with Crippen LogP contribution in [0.25, 0.3) is 0 Å². The average molecular weight is 390 g/mol. The average Bonchev–Trinajstić information content (AvgIpc) is 2.77. The SMILES string of the molecule is Cc1c2c(n(C)c(=O)c1I)CN(C(=O)OC(C)(C)C)C2. The van der Waals surface area contributed by atoms with Gasteiger partial charge in [-0.05, 0) is 61.4 Å². The third-order valence-electron chi connectivity index (χ3n) is 3.37. The molecule has 1 aliphatic rings. The van der Waals surface area contributed by atoms with Crippen molar-refractivity contribution < 1.29 is 9.53 Å². The molecule has 1 aromatic rings. The number of ether oxygens (including phenoxy) is 1. The van der Waals surface area contributed by atoms with Crippen molar-refractivity contribution in [2.75, 3.05) is 0 Å². The van der Waals surface area contributed by atoms with Crippen LogP contribution in [-0.2, 0) is 24.9 Å². The van der Waals surface area contributed by atoms with Crippen molar-refractivity contribution >= 4 is 28.7 Å². The summed E-state index contributed by atoms with van der Waals surface area (Å²) in [6.07, 6.45) is -0.337. The van der Waals surface area contributed by atoms with Crippen LogP contribution >= 0.6 is 22.6 Å². The van der Waals surface area contributed by atoms with Gasteiger partial charge in [-0.15, -0.1) is 0 Å². The molecule has 20 heavy (non-hydrogen) atoms. The number of pyridine rings is 1. The van der Waals surface area contributed by atoms with E-state index in [0.29, 0.717) is 13.1 Å². The van der Waals surface area contributed by atoms with Gasteiger partial charge in [0, 0.05) is 12.7 Å². The third kappa shape index (κ3) is 2.70. The molecule has 0 unspecified atom stereocenters. The molecular formula is C14H19IN2O3. The van der Waals surface area contributed by atoms with Crippen LogP contribution in [0, 0.1) is 10.5 Å². The van der Waals surface area contributed by atoms with E-state index in [-0.39, 0.29) is 11.7 Å². The highest BCUT2D eigenvalue weighted by molar-refractivity contribution is 14.1. The molecule has 1 amide bonds. The van der Waals surface area contributed by atoms with E-state index < -0.39 is 5.60 Å². The smallest absolute Gasteiger partial charge is 0.410 e. The van der Waals surface area contributed by atoms with Crippen molar-refractivity contribution in [2.24, 2.45) is 7.05 Å². The highest BCUT2D eigenvalue weighted by atomic mass is 127. The van der Waals surface area contributed by atoms with Crippen LogP contribution in [0.15, 0.2) is 4.79 Å². The van der Waals surface area contributed by atoms with E-state index in [0.717, 1.165) is 20.4 Å². The zero-order valence-electron chi connectivity index (χ0n) is 12.4. The number of rotatable bonds is 0. The zero-order valence-corrected chi connectivity index (χ0v) is 14.6. The molecule has 0 N–H and O–H groups in total. The third-order valence-corrected chi connectivity index (χ3v) is 4.64. The molecule has 5 nitrogen and oxygen atoms in total. The molecule has 0 fully saturated rings. The minimum Gasteiger partial charge on any atom is -0.444 e. The Hall–Kier alpha value is -1.05. The minimum atomic E-state index is -0.513. The van der Waals surface area contributed by atoms with Crippen molar-refractivity contribution in [1.82, 2.24) is 9.47 Å². The molecule has 0 saturated carbocycles. The maximum Gasteiger partial charge on any atom is 0.410 e. The molecule has 0 atom stereocenters. The molecule has 0 aliphatic carbocycles. The highest BCUT2D eigenvalue weighted by Crippen LogP contribution is 2.27. The Morgan fingerprint density at radius 1 is 1.30 bits per heavy atom. The van der Waals surface area contributed by atoms with Gasteiger partial charge in [0.1, 0.15) is 5.60 Å². The lowest BCUT2D eigenvalue weighted by Crippen LogP contribution is -2.33. The Morgan fingerprint density at radius 2 is 1.90 bits per heavy atom. The summed E-state index contributed by atoms with van der Waals surface area (Å²) in [5.74, 6) is 0. The molecule has 1 aliphatic heterocycles. The lowest BCUT2D eigenvalue weighted by Gasteiger charge is -2.24. The fourth-order valence-electron chi connectivity index (χ4n) is 2.28. The summed E-state index contributed by atoms with van der Waals surface area (Å²) in [5.41, 5.74) is 2.41.